The van der Waals surface area contributed by atoms with E-state index in [9.17, 15) is 14.0 Å². The third kappa shape index (κ3) is 3.92. The second-order valence-corrected chi connectivity index (χ2v) is 7.41. The summed E-state index contributed by atoms with van der Waals surface area (Å²) in [5.74, 6) is -0.754. The van der Waals surface area contributed by atoms with Crippen LogP contribution in [-0.4, -0.2) is 18.9 Å². The van der Waals surface area contributed by atoms with Crippen LogP contribution in [0.4, 0.5) is 15.8 Å². The van der Waals surface area contributed by atoms with E-state index in [0.717, 1.165) is 16.0 Å². The van der Waals surface area contributed by atoms with Crippen LogP contribution >= 0.6 is 0 Å². The summed E-state index contributed by atoms with van der Waals surface area (Å²) >= 11 is 0. The van der Waals surface area contributed by atoms with Crippen molar-refractivity contribution in [2.24, 2.45) is 0 Å². The molecule has 0 radical (unpaired) electrons. The molecule has 0 bridgehead atoms. The van der Waals surface area contributed by atoms with Gasteiger partial charge < -0.3 is 10.1 Å². The SMILES string of the molecule is COc1ccc(C2=C(Nc3cccc(F)c3)C(=O)N(c3cc(C)cc(C)c3)C2=O)cc1. The highest BCUT2D eigenvalue weighted by molar-refractivity contribution is 6.46. The summed E-state index contributed by atoms with van der Waals surface area (Å²) in [6.45, 7) is 3.82. The molecule has 31 heavy (non-hydrogen) atoms. The number of carbonyl (C=O) groups is 2. The summed E-state index contributed by atoms with van der Waals surface area (Å²) in [5.41, 5.74) is 3.63. The zero-order valence-corrected chi connectivity index (χ0v) is 17.4. The third-order valence-electron chi connectivity index (χ3n) is 5.02. The van der Waals surface area contributed by atoms with Crippen LogP contribution in [0, 0.1) is 19.7 Å². The van der Waals surface area contributed by atoms with E-state index in [0.29, 0.717) is 22.7 Å². The van der Waals surface area contributed by atoms with E-state index in [1.807, 2.05) is 19.9 Å². The molecule has 3 aromatic carbocycles. The Labute approximate surface area is 179 Å². The molecular weight excluding hydrogens is 395 g/mol. The zero-order valence-electron chi connectivity index (χ0n) is 17.4. The quantitative estimate of drug-likeness (QED) is 0.604. The van der Waals surface area contributed by atoms with Gasteiger partial charge in [-0.2, -0.15) is 0 Å². The Morgan fingerprint density at radius 1 is 0.871 bits per heavy atom. The van der Waals surface area contributed by atoms with Gasteiger partial charge in [0.25, 0.3) is 11.8 Å². The fourth-order valence-electron chi connectivity index (χ4n) is 3.70. The second-order valence-electron chi connectivity index (χ2n) is 7.41. The van der Waals surface area contributed by atoms with Crippen LogP contribution < -0.4 is 15.0 Å². The maximum absolute atomic E-state index is 13.7. The number of hydrogen-bond donors (Lipinski definition) is 1. The van der Waals surface area contributed by atoms with Gasteiger partial charge in [-0.25, -0.2) is 9.29 Å². The second kappa shape index (κ2) is 8.07. The first-order valence-corrected chi connectivity index (χ1v) is 9.76. The van der Waals surface area contributed by atoms with Gasteiger partial charge in [-0.3, -0.25) is 9.59 Å². The number of anilines is 2. The number of halogens is 1. The van der Waals surface area contributed by atoms with Crippen LogP contribution in [0.2, 0.25) is 0 Å². The summed E-state index contributed by atoms with van der Waals surface area (Å²) in [6.07, 6.45) is 0. The molecule has 1 aliphatic heterocycles. The number of ether oxygens (including phenoxy) is 1. The van der Waals surface area contributed by atoms with Gasteiger partial charge in [0.1, 0.15) is 17.3 Å². The Hall–Kier alpha value is -3.93. The van der Waals surface area contributed by atoms with E-state index in [4.69, 9.17) is 4.74 Å². The van der Waals surface area contributed by atoms with Crippen LogP contribution in [-0.2, 0) is 9.59 Å². The summed E-state index contributed by atoms with van der Waals surface area (Å²) in [4.78, 5) is 28.0. The highest BCUT2D eigenvalue weighted by Crippen LogP contribution is 2.35. The lowest BCUT2D eigenvalue weighted by atomic mass is 10.0. The molecule has 4 rings (SSSR count). The van der Waals surface area contributed by atoms with Crippen LogP contribution in [0.25, 0.3) is 5.57 Å². The highest BCUT2D eigenvalue weighted by atomic mass is 19.1. The molecule has 0 aliphatic carbocycles. The molecule has 0 fully saturated rings. The first-order chi connectivity index (χ1) is 14.9. The van der Waals surface area contributed by atoms with E-state index < -0.39 is 17.6 Å². The van der Waals surface area contributed by atoms with E-state index in [-0.39, 0.29) is 11.3 Å². The van der Waals surface area contributed by atoms with Crippen molar-refractivity contribution in [1.29, 1.82) is 0 Å². The molecule has 3 aromatic rings. The van der Waals surface area contributed by atoms with E-state index in [1.54, 1.807) is 49.6 Å². The smallest absolute Gasteiger partial charge is 0.282 e. The first-order valence-electron chi connectivity index (χ1n) is 9.76. The maximum atomic E-state index is 13.7. The molecule has 156 valence electrons. The molecule has 1 heterocycles. The van der Waals surface area contributed by atoms with E-state index in [2.05, 4.69) is 5.32 Å². The van der Waals surface area contributed by atoms with Crippen molar-refractivity contribution < 1.29 is 18.7 Å². The number of aryl methyl sites for hydroxylation is 2. The molecule has 2 amide bonds. The Balaban J connectivity index is 1.83. The van der Waals surface area contributed by atoms with Crippen molar-refractivity contribution in [2.75, 3.05) is 17.3 Å². The number of methoxy groups -OCH3 is 1. The average Bonchev–Trinajstić information content (AvgIpc) is 2.97. The fourth-order valence-corrected chi connectivity index (χ4v) is 3.70. The molecule has 0 saturated heterocycles. The lowest BCUT2D eigenvalue weighted by Crippen LogP contribution is -2.32. The Morgan fingerprint density at radius 3 is 2.16 bits per heavy atom. The molecule has 0 unspecified atom stereocenters. The minimum Gasteiger partial charge on any atom is -0.497 e. The van der Waals surface area contributed by atoms with Gasteiger partial charge in [0.15, 0.2) is 0 Å². The number of hydrogen-bond acceptors (Lipinski definition) is 4. The predicted molar refractivity (Wildman–Crippen MR) is 118 cm³/mol. The lowest BCUT2D eigenvalue weighted by Gasteiger charge is -2.17. The van der Waals surface area contributed by atoms with Crippen molar-refractivity contribution in [2.45, 2.75) is 13.8 Å². The van der Waals surface area contributed by atoms with Crippen molar-refractivity contribution in [3.63, 3.8) is 0 Å². The number of carbonyl (C=O) groups excluding carboxylic acids is 2. The number of nitrogens with one attached hydrogen (secondary N) is 1. The number of imide groups is 1. The summed E-state index contributed by atoms with van der Waals surface area (Å²) in [5, 5.41) is 2.96. The summed E-state index contributed by atoms with van der Waals surface area (Å²) in [7, 11) is 1.55. The topological polar surface area (TPSA) is 58.6 Å². The highest BCUT2D eigenvalue weighted by Gasteiger charge is 2.40. The van der Waals surface area contributed by atoms with Crippen LogP contribution in [0.3, 0.4) is 0 Å². The molecule has 0 saturated carbocycles. The molecule has 1 aliphatic rings. The molecule has 0 aromatic heterocycles. The van der Waals surface area contributed by atoms with Gasteiger partial charge in [0, 0.05) is 5.69 Å². The molecule has 6 heteroatoms. The van der Waals surface area contributed by atoms with Gasteiger partial charge in [0.05, 0.1) is 18.4 Å². The number of nitrogens with zero attached hydrogens (tertiary/aromatic N) is 1. The van der Waals surface area contributed by atoms with Crippen molar-refractivity contribution in [3.05, 3.63) is 94.9 Å². The standard InChI is InChI=1S/C25H21FN2O3/c1-15-11-16(2)13-20(12-15)28-24(29)22(17-7-9-21(31-3)10-8-17)23(25(28)30)27-19-6-4-5-18(26)14-19/h4-14,27H,1-3H3. The Kier molecular flexibility index (Phi) is 5.29. The van der Waals surface area contributed by atoms with Gasteiger partial charge >= 0.3 is 0 Å². The van der Waals surface area contributed by atoms with Crippen LogP contribution in [0.1, 0.15) is 16.7 Å². The third-order valence-corrected chi connectivity index (χ3v) is 5.02. The molecule has 5 nitrogen and oxygen atoms in total. The van der Waals surface area contributed by atoms with Gasteiger partial charge in [-0.15, -0.1) is 0 Å². The van der Waals surface area contributed by atoms with Crippen LogP contribution in [0.5, 0.6) is 5.75 Å². The number of benzene rings is 3. The minimum absolute atomic E-state index is 0.0972. The monoisotopic (exact) mass is 416 g/mol. The Bertz CT molecular complexity index is 1200. The van der Waals surface area contributed by atoms with Crippen molar-refractivity contribution in [3.8, 4) is 5.75 Å². The van der Waals surface area contributed by atoms with Crippen LogP contribution in [0.15, 0.2) is 72.4 Å². The largest absolute Gasteiger partial charge is 0.497 e. The summed E-state index contributed by atoms with van der Waals surface area (Å²) < 4.78 is 18.9. The zero-order chi connectivity index (χ0) is 22.1. The van der Waals surface area contributed by atoms with Gasteiger partial charge in [-0.05, 0) is 73.0 Å². The summed E-state index contributed by atoms with van der Waals surface area (Å²) in [6, 6.07) is 18.2. The molecule has 1 N–H and O–H groups in total. The Morgan fingerprint density at radius 2 is 1.55 bits per heavy atom. The lowest BCUT2D eigenvalue weighted by molar-refractivity contribution is -0.120. The predicted octanol–water partition coefficient (Wildman–Crippen LogP) is 4.85. The molecule has 0 spiro atoms. The number of rotatable bonds is 5. The van der Waals surface area contributed by atoms with Crippen molar-refractivity contribution >= 4 is 28.8 Å². The minimum atomic E-state index is -0.495. The van der Waals surface area contributed by atoms with E-state index in [1.165, 1.54) is 18.2 Å². The fraction of sp³-hybridized carbons (Fsp3) is 0.120. The average molecular weight is 416 g/mol. The normalized spacial score (nSPS) is 13.7. The molecule has 0 atom stereocenters. The molecular formula is C25H21FN2O3. The van der Waals surface area contributed by atoms with Crippen molar-refractivity contribution in [1.82, 2.24) is 0 Å². The maximum Gasteiger partial charge on any atom is 0.282 e. The first kappa shape index (κ1) is 20.3. The van der Waals surface area contributed by atoms with Gasteiger partial charge in [0.2, 0.25) is 0 Å². The van der Waals surface area contributed by atoms with Gasteiger partial charge in [-0.1, -0.05) is 24.3 Å². The van der Waals surface area contributed by atoms with E-state index >= 15 is 0 Å². The number of amides is 2.